The Balaban J connectivity index is 1.52. The number of aryl methyl sites for hydroxylation is 1. The average molecular weight is 373 g/mol. The summed E-state index contributed by atoms with van der Waals surface area (Å²) < 4.78 is 7.29. The van der Waals surface area contributed by atoms with Gasteiger partial charge in [0.05, 0.1) is 6.54 Å². The molecule has 0 bridgehead atoms. The lowest BCUT2D eigenvalue weighted by atomic mass is 10.2. The van der Waals surface area contributed by atoms with E-state index in [4.69, 9.17) is 4.74 Å². The molecule has 3 aromatic rings. The van der Waals surface area contributed by atoms with Crippen molar-refractivity contribution in [1.82, 2.24) is 19.7 Å². The number of nitrogens with zero attached hydrogens (tertiary/aromatic N) is 4. The van der Waals surface area contributed by atoms with Gasteiger partial charge in [0.15, 0.2) is 0 Å². The van der Waals surface area contributed by atoms with Gasteiger partial charge in [-0.2, -0.15) is 0 Å². The summed E-state index contributed by atoms with van der Waals surface area (Å²) in [4.78, 5) is 14.2. The number of rotatable bonds is 8. The Morgan fingerprint density at radius 3 is 2.96 bits per heavy atom. The maximum absolute atomic E-state index is 12.2. The quantitative estimate of drug-likeness (QED) is 0.657. The Hall–Kier alpha value is -2.29. The van der Waals surface area contributed by atoms with Crippen LogP contribution >= 0.6 is 11.3 Å². The topological polar surface area (TPSA) is 72.3 Å². The van der Waals surface area contributed by atoms with Gasteiger partial charge in [-0.15, -0.1) is 10.2 Å². The van der Waals surface area contributed by atoms with Crippen molar-refractivity contribution in [3.63, 3.8) is 0 Å². The van der Waals surface area contributed by atoms with Gasteiger partial charge in [0.1, 0.15) is 11.6 Å². The minimum absolute atomic E-state index is 0.0956. The van der Waals surface area contributed by atoms with Crippen LogP contribution in [0.2, 0.25) is 0 Å². The molecular formula is C18H23N5O2S. The second-order valence-corrected chi connectivity index (χ2v) is 7.28. The van der Waals surface area contributed by atoms with Crippen molar-refractivity contribution in [2.75, 3.05) is 32.6 Å². The molecular weight excluding hydrogens is 350 g/mol. The number of ether oxygens (including phenoxy) is 1. The van der Waals surface area contributed by atoms with Gasteiger partial charge in [0.2, 0.25) is 11.0 Å². The van der Waals surface area contributed by atoms with Crippen LogP contribution in [0.25, 0.3) is 10.9 Å². The average Bonchev–Trinajstić information content (AvgIpc) is 3.16. The number of hydrogen-bond donors (Lipinski definition) is 1. The monoisotopic (exact) mass is 373 g/mol. The van der Waals surface area contributed by atoms with E-state index in [1.807, 2.05) is 18.0 Å². The number of aromatic nitrogens is 3. The summed E-state index contributed by atoms with van der Waals surface area (Å²) >= 11 is 1.33. The van der Waals surface area contributed by atoms with E-state index in [0.717, 1.165) is 18.1 Å². The van der Waals surface area contributed by atoms with Gasteiger partial charge in [-0.05, 0) is 31.5 Å². The van der Waals surface area contributed by atoms with Crippen LogP contribution in [0.15, 0.2) is 30.3 Å². The van der Waals surface area contributed by atoms with Crippen molar-refractivity contribution < 1.29 is 9.53 Å². The Morgan fingerprint density at radius 1 is 1.35 bits per heavy atom. The molecule has 1 amide bonds. The van der Waals surface area contributed by atoms with Gasteiger partial charge in [-0.1, -0.05) is 29.5 Å². The molecule has 8 heteroatoms. The fourth-order valence-corrected chi connectivity index (χ4v) is 3.61. The third kappa shape index (κ3) is 4.46. The third-order valence-electron chi connectivity index (χ3n) is 4.12. The Kier molecular flexibility index (Phi) is 5.97. The number of methoxy groups -OCH3 is 1. The van der Waals surface area contributed by atoms with Crippen LogP contribution in [-0.2, 0) is 22.7 Å². The SMILES string of the molecule is COCc1nnc(NC(=O)CN(C)CCn2c(C)cc3ccccc32)s1. The highest BCUT2D eigenvalue weighted by atomic mass is 32.1. The van der Waals surface area contributed by atoms with Gasteiger partial charge >= 0.3 is 0 Å². The van der Waals surface area contributed by atoms with Crippen LogP contribution in [0, 0.1) is 6.92 Å². The molecule has 138 valence electrons. The fourth-order valence-electron chi connectivity index (χ4n) is 2.88. The molecule has 0 spiro atoms. The van der Waals surface area contributed by atoms with Gasteiger partial charge in [-0.25, -0.2) is 0 Å². The largest absolute Gasteiger partial charge is 0.377 e. The van der Waals surface area contributed by atoms with E-state index in [1.165, 1.54) is 27.9 Å². The maximum atomic E-state index is 12.2. The molecule has 0 fully saturated rings. The zero-order chi connectivity index (χ0) is 18.5. The molecule has 1 N–H and O–H groups in total. The first-order chi connectivity index (χ1) is 12.6. The van der Waals surface area contributed by atoms with Crippen molar-refractivity contribution in [1.29, 1.82) is 0 Å². The first kappa shape index (κ1) is 18.5. The highest BCUT2D eigenvalue weighted by molar-refractivity contribution is 7.15. The lowest BCUT2D eigenvalue weighted by Crippen LogP contribution is -2.32. The van der Waals surface area contributed by atoms with Gasteiger partial charge < -0.3 is 9.30 Å². The summed E-state index contributed by atoms with van der Waals surface area (Å²) in [5.74, 6) is -0.0956. The zero-order valence-corrected chi connectivity index (χ0v) is 16.0. The first-order valence-electron chi connectivity index (χ1n) is 8.41. The van der Waals surface area contributed by atoms with Crippen LogP contribution in [0.5, 0.6) is 0 Å². The van der Waals surface area contributed by atoms with Crippen molar-refractivity contribution in [3.05, 3.63) is 41.0 Å². The summed E-state index contributed by atoms with van der Waals surface area (Å²) in [7, 11) is 3.54. The number of anilines is 1. The summed E-state index contributed by atoms with van der Waals surface area (Å²) in [5.41, 5.74) is 2.45. The van der Waals surface area contributed by atoms with E-state index in [2.05, 4.69) is 51.3 Å². The zero-order valence-electron chi connectivity index (χ0n) is 15.2. The molecule has 0 atom stereocenters. The van der Waals surface area contributed by atoms with E-state index in [0.29, 0.717) is 18.3 Å². The molecule has 0 radical (unpaired) electrons. The number of likely N-dealkylation sites (N-methyl/N-ethyl adjacent to an activating group) is 1. The maximum Gasteiger partial charge on any atom is 0.240 e. The molecule has 0 unspecified atom stereocenters. The predicted molar refractivity (Wildman–Crippen MR) is 103 cm³/mol. The number of para-hydroxylation sites is 1. The number of fused-ring (bicyclic) bond motifs is 1. The van der Waals surface area contributed by atoms with Crippen LogP contribution in [0.1, 0.15) is 10.7 Å². The van der Waals surface area contributed by atoms with Crippen molar-refractivity contribution in [2.24, 2.45) is 0 Å². The molecule has 0 saturated heterocycles. The van der Waals surface area contributed by atoms with Gasteiger partial charge in [-0.3, -0.25) is 15.0 Å². The van der Waals surface area contributed by atoms with Crippen molar-refractivity contribution >= 4 is 33.3 Å². The van der Waals surface area contributed by atoms with E-state index in [9.17, 15) is 4.79 Å². The Labute approximate surface area is 156 Å². The third-order valence-corrected chi connectivity index (χ3v) is 4.93. The number of benzene rings is 1. The number of nitrogens with one attached hydrogen (secondary N) is 1. The molecule has 0 aliphatic heterocycles. The van der Waals surface area contributed by atoms with E-state index in [1.54, 1.807) is 7.11 Å². The van der Waals surface area contributed by atoms with Gasteiger partial charge in [0.25, 0.3) is 0 Å². The molecule has 7 nitrogen and oxygen atoms in total. The molecule has 1 aromatic carbocycles. The van der Waals surface area contributed by atoms with Crippen LogP contribution in [-0.4, -0.2) is 52.8 Å². The number of amides is 1. The second kappa shape index (κ2) is 8.39. The second-order valence-electron chi connectivity index (χ2n) is 6.22. The fraction of sp³-hybridized carbons (Fsp3) is 0.389. The number of hydrogen-bond acceptors (Lipinski definition) is 6. The molecule has 2 aromatic heterocycles. The lowest BCUT2D eigenvalue weighted by molar-refractivity contribution is -0.117. The number of carbonyl (C=O) groups is 1. The highest BCUT2D eigenvalue weighted by Crippen LogP contribution is 2.19. The van der Waals surface area contributed by atoms with Crippen molar-refractivity contribution in [3.8, 4) is 0 Å². The normalized spacial score (nSPS) is 11.4. The minimum Gasteiger partial charge on any atom is -0.377 e. The molecule has 0 saturated carbocycles. The standard InChI is InChI=1S/C18H23N5O2S/c1-13-10-14-6-4-5-7-15(14)23(13)9-8-22(2)11-16(24)19-18-21-20-17(26-18)12-25-3/h4-7,10H,8-9,11-12H2,1-3H3,(H,19,21,24). The molecule has 2 heterocycles. The summed E-state index contributed by atoms with van der Waals surface area (Å²) in [5, 5.41) is 13.2. The Bertz CT molecular complexity index is 889. The predicted octanol–water partition coefficient (Wildman–Crippen LogP) is 2.52. The highest BCUT2D eigenvalue weighted by Gasteiger charge is 2.11. The van der Waals surface area contributed by atoms with Crippen LogP contribution in [0.4, 0.5) is 5.13 Å². The molecule has 0 aliphatic carbocycles. The molecule has 26 heavy (non-hydrogen) atoms. The van der Waals surface area contributed by atoms with E-state index < -0.39 is 0 Å². The molecule has 0 aliphatic rings. The molecule has 3 rings (SSSR count). The van der Waals surface area contributed by atoms with Crippen molar-refractivity contribution in [2.45, 2.75) is 20.1 Å². The summed E-state index contributed by atoms with van der Waals surface area (Å²) in [6, 6.07) is 10.5. The Morgan fingerprint density at radius 2 is 2.15 bits per heavy atom. The van der Waals surface area contributed by atoms with E-state index >= 15 is 0 Å². The van der Waals surface area contributed by atoms with E-state index in [-0.39, 0.29) is 5.91 Å². The summed E-state index contributed by atoms with van der Waals surface area (Å²) in [6.45, 7) is 4.42. The van der Waals surface area contributed by atoms with Crippen LogP contribution in [0.3, 0.4) is 0 Å². The summed E-state index contributed by atoms with van der Waals surface area (Å²) in [6.07, 6.45) is 0. The smallest absolute Gasteiger partial charge is 0.240 e. The minimum atomic E-state index is -0.0956. The van der Waals surface area contributed by atoms with Crippen LogP contribution < -0.4 is 5.32 Å². The lowest BCUT2D eigenvalue weighted by Gasteiger charge is -2.17. The number of carbonyl (C=O) groups excluding carboxylic acids is 1. The van der Waals surface area contributed by atoms with Gasteiger partial charge in [0, 0.05) is 31.4 Å². The first-order valence-corrected chi connectivity index (χ1v) is 9.23.